The van der Waals surface area contributed by atoms with Gasteiger partial charge in [-0.2, -0.15) is 0 Å². The van der Waals surface area contributed by atoms with E-state index in [1.165, 1.54) is 4.90 Å². The summed E-state index contributed by atoms with van der Waals surface area (Å²) in [6.07, 6.45) is 1.58. The zero-order valence-electron chi connectivity index (χ0n) is 10.2. The van der Waals surface area contributed by atoms with Crippen LogP contribution >= 0.6 is 0 Å². The van der Waals surface area contributed by atoms with Gasteiger partial charge in [-0.15, -0.1) is 0 Å². The summed E-state index contributed by atoms with van der Waals surface area (Å²) < 4.78 is 11.1. The maximum Gasteiger partial charge on any atom is 0.311 e. The molecule has 0 radical (unpaired) electrons. The second-order valence-electron chi connectivity index (χ2n) is 4.06. The van der Waals surface area contributed by atoms with Crippen molar-refractivity contribution in [3.05, 3.63) is 0 Å². The molecule has 0 bridgehead atoms. The van der Waals surface area contributed by atoms with Gasteiger partial charge in [0, 0.05) is 55.0 Å². The summed E-state index contributed by atoms with van der Waals surface area (Å²) in [5, 5.41) is 5.48. The molecule has 98 valence electrons. The van der Waals surface area contributed by atoms with Crippen LogP contribution in [0.1, 0.15) is 6.92 Å². The van der Waals surface area contributed by atoms with Gasteiger partial charge in [0.15, 0.2) is 0 Å². The first kappa shape index (κ1) is 14.1. The maximum absolute atomic E-state index is 11.7. The lowest BCUT2D eigenvalue weighted by molar-refractivity contribution is -0.146. The fourth-order valence-electron chi connectivity index (χ4n) is 1.44. The maximum atomic E-state index is 11.7. The van der Waals surface area contributed by atoms with E-state index in [1.807, 2.05) is 0 Å². The third kappa shape index (κ3) is 4.43. The molecule has 0 saturated carbocycles. The Hall–Kier alpha value is -0.950. The van der Waals surface area contributed by atoms with Gasteiger partial charge in [-0.1, -0.05) is 0 Å². The summed E-state index contributed by atoms with van der Waals surface area (Å²) >= 11 is 0. The van der Waals surface area contributed by atoms with Gasteiger partial charge in [-0.05, 0) is 6.92 Å². The molecule has 1 aliphatic heterocycles. The molecule has 1 rings (SSSR count). The first-order valence-corrected chi connectivity index (χ1v) is 7.24. The van der Waals surface area contributed by atoms with Crippen LogP contribution in [0.25, 0.3) is 0 Å². The minimum atomic E-state index is -0.994. The number of hydrogen-bond acceptors (Lipinski definition) is 4. The number of amides is 2. The van der Waals surface area contributed by atoms with Crippen LogP contribution in [0.4, 0.5) is 0 Å². The summed E-state index contributed by atoms with van der Waals surface area (Å²) in [6.45, 7) is 4.58. The van der Waals surface area contributed by atoms with E-state index in [4.69, 9.17) is 0 Å². The fraction of sp³-hybridized carbons (Fsp3) is 0.800. The summed E-state index contributed by atoms with van der Waals surface area (Å²) in [5.74, 6) is -1.11. The highest BCUT2D eigenvalue weighted by Gasteiger charge is 2.23. The van der Waals surface area contributed by atoms with Crippen molar-refractivity contribution in [2.75, 3.05) is 39.0 Å². The minimum Gasteiger partial charge on any atom is -0.347 e. The molecule has 2 unspecified atom stereocenters. The van der Waals surface area contributed by atoms with E-state index in [1.54, 1.807) is 13.2 Å². The zero-order chi connectivity index (χ0) is 12.8. The van der Waals surface area contributed by atoms with Gasteiger partial charge in [-0.25, -0.2) is 0 Å². The molecule has 2 atom stereocenters. The Morgan fingerprint density at radius 2 is 2.00 bits per heavy atom. The first-order chi connectivity index (χ1) is 8.02. The molecule has 2 amide bonds. The average molecular weight is 261 g/mol. The predicted molar refractivity (Wildman–Crippen MR) is 66.0 cm³/mol. The normalized spacial score (nSPS) is 19.5. The Morgan fingerprint density at radius 3 is 2.53 bits per heavy atom. The van der Waals surface area contributed by atoms with Crippen molar-refractivity contribution in [1.29, 1.82) is 0 Å². The van der Waals surface area contributed by atoms with Gasteiger partial charge in [0.25, 0.3) is 0 Å². The molecule has 2 N–H and O–H groups in total. The quantitative estimate of drug-likeness (QED) is 0.594. The van der Waals surface area contributed by atoms with Crippen molar-refractivity contribution in [3.63, 3.8) is 0 Å². The molecule has 7 heteroatoms. The lowest BCUT2D eigenvalue weighted by Gasteiger charge is -2.26. The van der Waals surface area contributed by atoms with Crippen molar-refractivity contribution in [2.45, 2.75) is 12.2 Å². The molecule has 6 nitrogen and oxygen atoms in total. The number of nitrogens with one attached hydrogen (secondary N) is 2. The van der Waals surface area contributed by atoms with Crippen molar-refractivity contribution < 1.29 is 13.8 Å². The molecular weight excluding hydrogens is 242 g/mol. The van der Waals surface area contributed by atoms with Crippen LogP contribution in [0, 0.1) is 0 Å². The Balaban J connectivity index is 2.36. The SMILES string of the molecule is CC(CNC(=O)C(=O)N1CCNCC1)S(C)=O. The second-order valence-corrected chi connectivity index (χ2v) is 5.86. The number of rotatable bonds is 3. The van der Waals surface area contributed by atoms with E-state index >= 15 is 0 Å². The first-order valence-electron chi connectivity index (χ1n) is 5.62. The molecule has 0 aromatic rings. The second kappa shape index (κ2) is 6.70. The smallest absolute Gasteiger partial charge is 0.311 e. The lowest BCUT2D eigenvalue weighted by Crippen LogP contribution is -2.51. The largest absolute Gasteiger partial charge is 0.347 e. The highest BCUT2D eigenvalue weighted by atomic mass is 32.2. The van der Waals surface area contributed by atoms with Crippen molar-refractivity contribution in [1.82, 2.24) is 15.5 Å². The molecule has 1 heterocycles. The summed E-state index contributed by atoms with van der Waals surface area (Å²) in [7, 11) is -0.994. The minimum absolute atomic E-state index is 0.144. The van der Waals surface area contributed by atoms with Gasteiger partial charge in [0.05, 0.1) is 0 Å². The van der Waals surface area contributed by atoms with Gasteiger partial charge >= 0.3 is 11.8 Å². The van der Waals surface area contributed by atoms with Crippen LogP contribution in [0.15, 0.2) is 0 Å². The molecule has 0 spiro atoms. The Labute approximate surface area is 104 Å². The zero-order valence-corrected chi connectivity index (χ0v) is 11.0. The monoisotopic (exact) mass is 261 g/mol. The third-order valence-electron chi connectivity index (χ3n) is 2.72. The number of carbonyl (C=O) groups is 2. The lowest BCUT2D eigenvalue weighted by atomic mass is 10.3. The van der Waals surface area contributed by atoms with E-state index in [0.29, 0.717) is 26.2 Å². The average Bonchev–Trinajstić information content (AvgIpc) is 2.35. The number of nitrogens with zero attached hydrogens (tertiary/aromatic N) is 1. The van der Waals surface area contributed by atoms with Gasteiger partial charge < -0.3 is 15.5 Å². The Morgan fingerprint density at radius 1 is 1.41 bits per heavy atom. The van der Waals surface area contributed by atoms with Crippen molar-refractivity contribution in [3.8, 4) is 0 Å². The molecule has 1 saturated heterocycles. The molecule has 0 aromatic heterocycles. The van der Waals surface area contributed by atoms with E-state index in [9.17, 15) is 13.8 Å². The van der Waals surface area contributed by atoms with Gasteiger partial charge in [0.1, 0.15) is 0 Å². The van der Waals surface area contributed by atoms with Crippen molar-refractivity contribution in [2.24, 2.45) is 0 Å². The standard InChI is InChI=1S/C10H19N3O3S/c1-8(17(2)16)7-12-9(14)10(15)13-5-3-11-4-6-13/h8,11H,3-7H2,1-2H3,(H,12,14). The molecule has 1 fully saturated rings. The van der Waals surface area contributed by atoms with Crippen LogP contribution in [0.2, 0.25) is 0 Å². The van der Waals surface area contributed by atoms with E-state index in [2.05, 4.69) is 10.6 Å². The van der Waals surface area contributed by atoms with Crippen LogP contribution in [0.3, 0.4) is 0 Å². The summed E-state index contributed by atoms with van der Waals surface area (Å²) in [6, 6.07) is 0. The topological polar surface area (TPSA) is 78.5 Å². The molecule has 1 aliphatic rings. The molecule has 17 heavy (non-hydrogen) atoms. The van der Waals surface area contributed by atoms with Crippen LogP contribution in [0.5, 0.6) is 0 Å². The van der Waals surface area contributed by atoms with E-state index in [-0.39, 0.29) is 11.8 Å². The van der Waals surface area contributed by atoms with Gasteiger partial charge in [-0.3, -0.25) is 13.8 Å². The number of piperazine rings is 1. The fourth-order valence-corrected chi connectivity index (χ4v) is 1.76. The number of carbonyl (C=O) groups excluding carboxylic acids is 2. The van der Waals surface area contributed by atoms with Crippen LogP contribution < -0.4 is 10.6 Å². The Kier molecular flexibility index (Phi) is 5.57. The molecular formula is C10H19N3O3S. The van der Waals surface area contributed by atoms with Crippen LogP contribution in [-0.4, -0.2) is 65.2 Å². The van der Waals surface area contributed by atoms with E-state index < -0.39 is 22.6 Å². The summed E-state index contributed by atoms with van der Waals surface area (Å²) in [4.78, 5) is 24.8. The van der Waals surface area contributed by atoms with Crippen LogP contribution in [-0.2, 0) is 20.4 Å². The highest BCUT2D eigenvalue weighted by molar-refractivity contribution is 7.84. The predicted octanol–water partition coefficient (Wildman–Crippen LogP) is -1.70. The highest BCUT2D eigenvalue weighted by Crippen LogP contribution is 1.94. The molecule has 0 aliphatic carbocycles. The van der Waals surface area contributed by atoms with Gasteiger partial charge in [0.2, 0.25) is 0 Å². The van der Waals surface area contributed by atoms with E-state index in [0.717, 1.165) is 0 Å². The number of hydrogen-bond donors (Lipinski definition) is 2. The Bertz CT molecular complexity index is 316. The summed E-state index contributed by atoms with van der Waals surface area (Å²) in [5.41, 5.74) is 0. The third-order valence-corrected chi connectivity index (χ3v) is 4.02. The molecule has 0 aromatic carbocycles. The van der Waals surface area contributed by atoms with Crippen molar-refractivity contribution >= 4 is 22.6 Å².